The first-order chi connectivity index (χ1) is 9.58. The molecule has 1 aromatic heterocycles. The second-order valence-electron chi connectivity index (χ2n) is 4.21. The summed E-state index contributed by atoms with van der Waals surface area (Å²) in [4.78, 5) is 12.6. The molecule has 1 nitrogen and oxygen atoms in total. The van der Waals surface area contributed by atoms with Gasteiger partial charge in [0.1, 0.15) is 5.82 Å². The number of ketones is 1. The van der Waals surface area contributed by atoms with Gasteiger partial charge in [0.25, 0.3) is 0 Å². The van der Waals surface area contributed by atoms with E-state index in [1.165, 1.54) is 23.5 Å². The molecule has 0 aliphatic carbocycles. The van der Waals surface area contributed by atoms with E-state index in [0.717, 1.165) is 7.57 Å². The highest BCUT2D eigenvalue weighted by atomic mass is 79.9. The summed E-state index contributed by atoms with van der Waals surface area (Å²) in [6.07, 6.45) is 0. The van der Waals surface area contributed by atoms with E-state index in [2.05, 4.69) is 31.9 Å². The number of carbonyl (C=O) groups excluding carboxylic acids is 1. The van der Waals surface area contributed by atoms with Crippen molar-refractivity contribution in [3.05, 3.63) is 67.0 Å². The van der Waals surface area contributed by atoms with E-state index in [9.17, 15) is 9.18 Å². The van der Waals surface area contributed by atoms with Crippen molar-refractivity contribution in [1.29, 1.82) is 0 Å². The number of benzene rings is 2. The maximum absolute atomic E-state index is 13.8. The molecule has 5 heteroatoms. The minimum Gasteiger partial charge on any atom is -0.289 e. The molecule has 0 spiro atoms. The van der Waals surface area contributed by atoms with Gasteiger partial charge in [0.2, 0.25) is 0 Å². The lowest BCUT2D eigenvalue weighted by atomic mass is 9.98. The Kier molecular flexibility index (Phi) is 3.75. The van der Waals surface area contributed by atoms with Crippen molar-refractivity contribution in [2.24, 2.45) is 0 Å². The van der Waals surface area contributed by atoms with Crippen LogP contribution >= 0.6 is 43.2 Å². The molecule has 0 saturated heterocycles. The average molecular weight is 414 g/mol. The lowest BCUT2D eigenvalue weighted by molar-refractivity contribution is 0.104. The van der Waals surface area contributed by atoms with Gasteiger partial charge < -0.3 is 0 Å². The lowest BCUT2D eigenvalue weighted by Crippen LogP contribution is -2.02. The van der Waals surface area contributed by atoms with E-state index >= 15 is 0 Å². The minimum absolute atomic E-state index is 0.116. The van der Waals surface area contributed by atoms with Crippen LogP contribution in [0.2, 0.25) is 0 Å². The van der Waals surface area contributed by atoms with E-state index in [-0.39, 0.29) is 11.6 Å². The quantitative estimate of drug-likeness (QED) is 0.485. The third kappa shape index (κ3) is 2.34. The molecule has 2 aromatic carbocycles. The van der Waals surface area contributed by atoms with Gasteiger partial charge in [0, 0.05) is 16.5 Å². The molecule has 100 valence electrons. The molecule has 20 heavy (non-hydrogen) atoms. The van der Waals surface area contributed by atoms with Crippen molar-refractivity contribution in [3.8, 4) is 0 Å². The predicted octanol–water partition coefficient (Wildman–Crippen LogP) is 5.80. The highest BCUT2D eigenvalue weighted by Gasteiger charge is 2.18. The van der Waals surface area contributed by atoms with E-state index in [4.69, 9.17) is 0 Å². The van der Waals surface area contributed by atoms with Crippen LogP contribution in [-0.4, -0.2) is 5.78 Å². The minimum atomic E-state index is -0.317. The van der Waals surface area contributed by atoms with Crippen molar-refractivity contribution < 1.29 is 9.18 Å². The van der Waals surface area contributed by atoms with Crippen molar-refractivity contribution in [1.82, 2.24) is 0 Å². The lowest BCUT2D eigenvalue weighted by Gasteiger charge is -2.06. The van der Waals surface area contributed by atoms with E-state index in [0.29, 0.717) is 21.9 Å². The Morgan fingerprint density at radius 3 is 2.35 bits per heavy atom. The van der Waals surface area contributed by atoms with E-state index < -0.39 is 0 Å². The highest BCUT2D eigenvalue weighted by molar-refractivity contribution is 9.12. The fourth-order valence-electron chi connectivity index (χ4n) is 2.10. The summed E-state index contributed by atoms with van der Waals surface area (Å²) in [6, 6.07) is 11.7. The fourth-order valence-corrected chi connectivity index (χ4v) is 4.89. The Morgan fingerprint density at radius 1 is 1.00 bits per heavy atom. The second-order valence-corrected chi connectivity index (χ2v) is 7.96. The fraction of sp³-hybridized carbons (Fsp3) is 0. The molecular formula is C15H7Br2FOS. The largest absolute Gasteiger partial charge is 0.289 e. The monoisotopic (exact) mass is 412 g/mol. The van der Waals surface area contributed by atoms with Crippen LogP contribution in [0.5, 0.6) is 0 Å². The molecule has 0 radical (unpaired) electrons. The number of carbonyl (C=O) groups is 1. The zero-order chi connectivity index (χ0) is 14.3. The molecular weight excluding hydrogens is 407 g/mol. The average Bonchev–Trinajstić information content (AvgIpc) is 2.78. The van der Waals surface area contributed by atoms with Crippen molar-refractivity contribution in [2.75, 3.05) is 0 Å². The summed E-state index contributed by atoms with van der Waals surface area (Å²) in [7, 11) is 0. The van der Waals surface area contributed by atoms with Crippen LogP contribution in [0, 0.1) is 5.82 Å². The number of thiophene rings is 1. The maximum atomic E-state index is 13.8. The number of rotatable bonds is 2. The molecule has 0 aliphatic rings. The first-order valence-corrected chi connectivity index (χ1v) is 8.15. The van der Waals surface area contributed by atoms with E-state index in [1.54, 1.807) is 30.3 Å². The Labute approximate surface area is 135 Å². The summed E-state index contributed by atoms with van der Waals surface area (Å²) < 4.78 is 15.4. The standard InChI is InChI=1S/C15H7Br2FOS/c16-13-7-11(15(17)20-13)14(19)10-5-6-12(18)9-4-2-1-3-8(9)10/h1-7H. The van der Waals surface area contributed by atoms with Crippen molar-refractivity contribution >= 4 is 59.8 Å². The summed E-state index contributed by atoms with van der Waals surface area (Å²) in [5.41, 5.74) is 1.09. The summed E-state index contributed by atoms with van der Waals surface area (Å²) in [5.74, 6) is -0.433. The summed E-state index contributed by atoms with van der Waals surface area (Å²) in [6.45, 7) is 0. The molecule has 0 fully saturated rings. The van der Waals surface area contributed by atoms with Crippen LogP contribution < -0.4 is 0 Å². The number of hydrogen-bond acceptors (Lipinski definition) is 2. The second kappa shape index (κ2) is 5.39. The molecule has 0 atom stereocenters. The third-order valence-electron chi connectivity index (χ3n) is 3.02. The van der Waals surface area contributed by atoms with Crippen molar-refractivity contribution in [2.45, 2.75) is 0 Å². The molecule has 3 rings (SSSR count). The van der Waals surface area contributed by atoms with Crippen LogP contribution in [0.3, 0.4) is 0 Å². The normalized spacial score (nSPS) is 10.9. The van der Waals surface area contributed by atoms with Gasteiger partial charge in [-0.1, -0.05) is 24.3 Å². The highest BCUT2D eigenvalue weighted by Crippen LogP contribution is 2.34. The summed E-state index contributed by atoms with van der Waals surface area (Å²) in [5, 5.41) is 1.09. The molecule has 0 bridgehead atoms. The van der Waals surface area contributed by atoms with Gasteiger partial charge in [-0.15, -0.1) is 11.3 Å². The molecule has 0 amide bonds. The van der Waals surface area contributed by atoms with Gasteiger partial charge in [-0.2, -0.15) is 0 Å². The number of halogens is 3. The SMILES string of the molecule is O=C(c1cc(Br)sc1Br)c1ccc(F)c2ccccc12. The van der Waals surface area contributed by atoms with Gasteiger partial charge in [-0.25, -0.2) is 4.39 Å². The zero-order valence-electron chi connectivity index (χ0n) is 9.99. The Bertz CT molecular complexity index is 826. The maximum Gasteiger partial charge on any atom is 0.195 e. The van der Waals surface area contributed by atoms with E-state index in [1.807, 2.05) is 0 Å². The smallest absolute Gasteiger partial charge is 0.195 e. The predicted molar refractivity (Wildman–Crippen MR) is 87.1 cm³/mol. The molecule has 0 saturated carbocycles. The van der Waals surface area contributed by atoms with Crippen LogP contribution in [-0.2, 0) is 0 Å². The van der Waals surface area contributed by atoms with Gasteiger partial charge >= 0.3 is 0 Å². The number of fused-ring (bicyclic) bond motifs is 1. The Hall–Kier alpha value is -1.04. The molecule has 0 unspecified atom stereocenters. The van der Waals surface area contributed by atoms with Crippen LogP contribution in [0.4, 0.5) is 4.39 Å². The first kappa shape index (κ1) is 13.9. The van der Waals surface area contributed by atoms with Gasteiger partial charge in [-0.3, -0.25) is 4.79 Å². The van der Waals surface area contributed by atoms with Gasteiger partial charge in [-0.05, 0) is 55.4 Å². The first-order valence-electron chi connectivity index (χ1n) is 5.74. The molecule has 3 aromatic rings. The van der Waals surface area contributed by atoms with Gasteiger partial charge in [0.15, 0.2) is 5.78 Å². The van der Waals surface area contributed by atoms with Crippen LogP contribution in [0.1, 0.15) is 15.9 Å². The molecule has 0 aliphatic heterocycles. The van der Waals surface area contributed by atoms with Gasteiger partial charge in [0.05, 0.1) is 7.57 Å². The Morgan fingerprint density at radius 2 is 1.70 bits per heavy atom. The number of hydrogen-bond donors (Lipinski definition) is 0. The topological polar surface area (TPSA) is 17.1 Å². The zero-order valence-corrected chi connectivity index (χ0v) is 14.0. The summed E-state index contributed by atoms with van der Waals surface area (Å²) >= 11 is 8.19. The third-order valence-corrected chi connectivity index (χ3v) is 5.36. The molecule has 1 heterocycles. The molecule has 0 N–H and O–H groups in total. The van der Waals surface area contributed by atoms with Crippen LogP contribution in [0.25, 0.3) is 10.8 Å². The van der Waals surface area contributed by atoms with Crippen molar-refractivity contribution in [3.63, 3.8) is 0 Å². The van der Waals surface area contributed by atoms with Crippen LogP contribution in [0.15, 0.2) is 50.0 Å². The Balaban J connectivity index is 2.23.